The number of carbonyl (C=O) groups excluding carboxylic acids is 1. The van der Waals surface area contributed by atoms with Crippen LogP contribution < -0.4 is 5.56 Å². The van der Waals surface area contributed by atoms with Gasteiger partial charge in [-0.1, -0.05) is 18.7 Å². The number of rotatable bonds is 5. The van der Waals surface area contributed by atoms with Gasteiger partial charge in [-0.2, -0.15) is 0 Å². The molecular formula is C17H16N2O4S2. The number of aryl methyl sites for hydroxylation is 1. The Bertz CT molecular complexity index is 975. The molecule has 3 aromatic rings. The zero-order chi connectivity index (χ0) is 17.4. The van der Waals surface area contributed by atoms with Crippen LogP contribution in [0.25, 0.3) is 10.2 Å². The largest absolute Gasteiger partial charge is 0.467 e. The van der Waals surface area contributed by atoms with E-state index in [0.717, 1.165) is 11.3 Å². The summed E-state index contributed by atoms with van der Waals surface area (Å²) in [7, 11) is 0. The van der Waals surface area contributed by atoms with Crippen LogP contribution in [0.4, 0.5) is 0 Å². The van der Waals surface area contributed by atoms with Gasteiger partial charge >= 0.3 is 5.97 Å². The maximum atomic E-state index is 13.0. The van der Waals surface area contributed by atoms with Gasteiger partial charge in [0.2, 0.25) is 0 Å². The van der Waals surface area contributed by atoms with Gasteiger partial charge in [0.15, 0.2) is 5.16 Å². The molecule has 1 atom stereocenters. The van der Waals surface area contributed by atoms with E-state index in [1.807, 2.05) is 12.1 Å². The molecule has 1 fully saturated rings. The van der Waals surface area contributed by atoms with Crippen LogP contribution in [0.2, 0.25) is 0 Å². The van der Waals surface area contributed by atoms with E-state index in [2.05, 4.69) is 11.9 Å². The van der Waals surface area contributed by atoms with Crippen LogP contribution in [-0.4, -0.2) is 27.4 Å². The summed E-state index contributed by atoms with van der Waals surface area (Å²) in [5, 5.41) is 0.826. The Morgan fingerprint density at radius 1 is 1.44 bits per heavy atom. The molecule has 0 radical (unpaired) electrons. The highest BCUT2D eigenvalue weighted by Crippen LogP contribution is 2.31. The molecule has 130 valence electrons. The minimum Gasteiger partial charge on any atom is -0.467 e. The average molecular weight is 376 g/mol. The summed E-state index contributed by atoms with van der Waals surface area (Å²) < 4.78 is 12.0. The number of cyclic esters (lactones) is 1. The molecule has 4 rings (SSSR count). The van der Waals surface area contributed by atoms with Gasteiger partial charge in [-0.25, -0.2) is 4.98 Å². The van der Waals surface area contributed by atoms with Crippen molar-refractivity contribution in [3.8, 4) is 0 Å². The fraction of sp³-hybridized carbons (Fsp3) is 0.353. The number of esters is 1. The maximum absolute atomic E-state index is 13.0. The zero-order valence-corrected chi connectivity index (χ0v) is 15.2. The standard InChI is InChI=1S/C17H16N2O4S2/c1-2-11-8-12-14(24-11)18-17(25-13-5-7-23-16(13)21)19(15(12)20)9-10-4-3-6-22-10/h3-4,6,8,13H,2,5,7,9H2,1H3/t13-/m1/s1. The van der Waals surface area contributed by atoms with Crippen molar-refractivity contribution in [3.63, 3.8) is 0 Å². The van der Waals surface area contributed by atoms with Crippen LogP contribution in [0.3, 0.4) is 0 Å². The number of fused-ring (bicyclic) bond motifs is 1. The molecule has 0 aliphatic carbocycles. The Morgan fingerprint density at radius 3 is 3.00 bits per heavy atom. The predicted molar refractivity (Wildman–Crippen MR) is 96.3 cm³/mol. The summed E-state index contributed by atoms with van der Waals surface area (Å²) in [6.45, 7) is 2.76. The van der Waals surface area contributed by atoms with Crippen molar-refractivity contribution in [2.75, 3.05) is 6.61 Å². The van der Waals surface area contributed by atoms with E-state index in [-0.39, 0.29) is 23.3 Å². The van der Waals surface area contributed by atoms with E-state index in [1.165, 1.54) is 23.1 Å². The predicted octanol–water partition coefficient (Wildman–Crippen LogP) is 3.07. The van der Waals surface area contributed by atoms with Gasteiger partial charge < -0.3 is 9.15 Å². The van der Waals surface area contributed by atoms with E-state index in [4.69, 9.17) is 9.15 Å². The number of furan rings is 1. The molecule has 6 nitrogen and oxygen atoms in total. The van der Waals surface area contributed by atoms with Crippen LogP contribution >= 0.6 is 23.1 Å². The van der Waals surface area contributed by atoms with Crippen molar-refractivity contribution in [2.24, 2.45) is 0 Å². The molecule has 0 N–H and O–H groups in total. The van der Waals surface area contributed by atoms with Crippen LogP contribution in [0.5, 0.6) is 0 Å². The molecular weight excluding hydrogens is 360 g/mol. The van der Waals surface area contributed by atoms with E-state index in [0.29, 0.717) is 34.2 Å². The normalized spacial score (nSPS) is 17.3. The summed E-state index contributed by atoms with van der Waals surface area (Å²) in [4.78, 5) is 31.4. The van der Waals surface area contributed by atoms with Crippen LogP contribution in [0.15, 0.2) is 38.8 Å². The number of hydrogen-bond acceptors (Lipinski definition) is 7. The van der Waals surface area contributed by atoms with Crippen molar-refractivity contribution in [1.82, 2.24) is 9.55 Å². The van der Waals surface area contributed by atoms with Crippen molar-refractivity contribution in [1.29, 1.82) is 0 Å². The maximum Gasteiger partial charge on any atom is 0.319 e. The highest BCUT2D eigenvalue weighted by molar-refractivity contribution is 8.00. The quantitative estimate of drug-likeness (QED) is 0.503. The third-order valence-corrected chi connectivity index (χ3v) is 6.45. The molecule has 25 heavy (non-hydrogen) atoms. The number of thiophene rings is 1. The molecule has 0 unspecified atom stereocenters. The van der Waals surface area contributed by atoms with Gasteiger partial charge in [0.1, 0.15) is 15.8 Å². The molecule has 1 aliphatic heterocycles. The van der Waals surface area contributed by atoms with Gasteiger partial charge in [0.25, 0.3) is 5.56 Å². The zero-order valence-electron chi connectivity index (χ0n) is 13.6. The average Bonchev–Trinajstić information content (AvgIpc) is 3.33. The first-order valence-electron chi connectivity index (χ1n) is 8.04. The molecule has 4 heterocycles. The third kappa shape index (κ3) is 3.11. The molecule has 0 amide bonds. The molecule has 0 spiro atoms. The minimum atomic E-state index is -0.321. The number of ether oxygens (including phenoxy) is 1. The molecule has 0 bridgehead atoms. The van der Waals surface area contributed by atoms with Gasteiger partial charge in [-0.3, -0.25) is 14.2 Å². The Balaban J connectivity index is 1.82. The molecule has 8 heteroatoms. The monoisotopic (exact) mass is 376 g/mol. The summed E-state index contributed by atoms with van der Waals surface area (Å²) in [5.41, 5.74) is -0.105. The first-order valence-corrected chi connectivity index (χ1v) is 9.74. The highest BCUT2D eigenvalue weighted by atomic mass is 32.2. The Hall–Kier alpha value is -2.06. The second kappa shape index (κ2) is 6.68. The van der Waals surface area contributed by atoms with Crippen LogP contribution in [0, 0.1) is 0 Å². The lowest BCUT2D eigenvalue weighted by molar-refractivity contribution is -0.137. The molecule has 1 aliphatic rings. The number of nitrogens with zero attached hydrogens (tertiary/aromatic N) is 2. The number of aromatic nitrogens is 2. The molecule has 1 saturated heterocycles. The van der Waals surface area contributed by atoms with Crippen molar-refractivity contribution < 1.29 is 13.9 Å². The Morgan fingerprint density at radius 2 is 2.32 bits per heavy atom. The third-order valence-electron chi connectivity index (χ3n) is 4.04. The number of hydrogen-bond donors (Lipinski definition) is 0. The Labute approximate surface area is 151 Å². The summed E-state index contributed by atoms with van der Waals surface area (Å²) in [5.74, 6) is 0.425. The van der Waals surface area contributed by atoms with Crippen LogP contribution in [-0.2, 0) is 22.5 Å². The first kappa shape index (κ1) is 16.4. The highest BCUT2D eigenvalue weighted by Gasteiger charge is 2.30. The Kier molecular flexibility index (Phi) is 4.39. The lowest BCUT2D eigenvalue weighted by atomic mass is 10.3. The molecule has 0 aromatic carbocycles. The van der Waals surface area contributed by atoms with Gasteiger partial charge in [-0.05, 0) is 24.6 Å². The van der Waals surface area contributed by atoms with Crippen molar-refractivity contribution in [3.05, 3.63) is 45.5 Å². The lowest BCUT2D eigenvalue weighted by Crippen LogP contribution is -2.24. The summed E-state index contributed by atoms with van der Waals surface area (Å²) >= 11 is 2.82. The fourth-order valence-electron chi connectivity index (χ4n) is 2.72. The summed E-state index contributed by atoms with van der Waals surface area (Å²) in [6.07, 6.45) is 3.06. The van der Waals surface area contributed by atoms with E-state index in [1.54, 1.807) is 16.9 Å². The van der Waals surface area contributed by atoms with E-state index in [9.17, 15) is 9.59 Å². The second-order valence-corrected chi connectivity index (χ2v) is 8.00. The van der Waals surface area contributed by atoms with Gasteiger partial charge in [0, 0.05) is 11.3 Å². The number of thioether (sulfide) groups is 1. The van der Waals surface area contributed by atoms with E-state index >= 15 is 0 Å². The fourth-order valence-corrected chi connectivity index (χ4v) is 4.79. The van der Waals surface area contributed by atoms with Gasteiger partial charge in [-0.15, -0.1) is 11.3 Å². The van der Waals surface area contributed by atoms with Crippen molar-refractivity contribution >= 4 is 39.3 Å². The van der Waals surface area contributed by atoms with E-state index < -0.39 is 0 Å². The number of carbonyl (C=O) groups is 1. The van der Waals surface area contributed by atoms with Crippen molar-refractivity contribution in [2.45, 2.75) is 36.7 Å². The summed E-state index contributed by atoms with van der Waals surface area (Å²) in [6, 6.07) is 5.51. The topological polar surface area (TPSA) is 74.3 Å². The SMILES string of the molecule is CCc1cc2c(=O)n(Cc3ccco3)c(S[C@@H]3CCOC3=O)nc2s1. The van der Waals surface area contributed by atoms with Crippen LogP contribution in [0.1, 0.15) is 24.0 Å². The first-order chi connectivity index (χ1) is 12.2. The second-order valence-electron chi connectivity index (χ2n) is 5.71. The minimum absolute atomic E-state index is 0.105. The molecule has 3 aromatic heterocycles. The van der Waals surface area contributed by atoms with Gasteiger partial charge in [0.05, 0.1) is 24.8 Å². The molecule has 0 saturated carbocycles. The smallest absolute Gasteiger partial charge is 0.319 e. The lowest BCUT2D eigenvalue weighted by Gasteiger charge is -2.12.